The van der Waals surface area contributed by atoms with Crippen LogP contribution in [-0.4, -0.2) is 42.0 Å². The average molecular weight is 338 g/mol. The summed E-state index contributed by atoms with van der Waals surface area (Å²) in [6.07, 6.45) is 3.23. The lowest BCUT2D eigenvalue weighted by molar-refractivity contribution is -0.137. The first kappa shape index (κ1) is 17.0. The Labute approximate surface area is 133 Å². The van der Waals surface area contributed by atoms with Gasteiger partial charge < -0.3 is 15.0 Å². The monoisotopic (exact) mass is 338 g/mol. The normalized spacial score (nSPS) is 11.5. The molecule has 0 bridgehead atoms. The number of hydrogen-bond donors (Lipinski definition) is 2. The minimum atomic E-state index is -3.06. The Kier molecular flexibility index (Phi) is 5.05. The van der Waals surface area contributed by atoms with E-state index in [0.29, 0.717) is 5.69 Å². The van der Waals surface area contributed by atoms with E-state index in [9.17, 15) is 18.0 Å². The summed E-state index contributed by atoms with van der Waals surface area (Å²) < 4.78 is 23.6. The summed E-state index contributed by atoms with van der Waals surface area (Å²) in [5, 5.41) is 12.4. The number of aromatic nitrogens is 1. The van der Waals surface area contributed by atoms with Gasteiger partial charge in [-0.25, -0.2) is 8.42 Å². The molecule has 0 aliphatic heterocycles. The molecule has 1 aromatic heterocycles. The van der Waals surface area contributed by atoms with Gasteiger partial charge in [0.1, 0.15) is 16.4 Å². The molecule has 7 nitrogen and oxygen atoms in total. The van der Waals surface area contributed by atoms with Crippen molar-refractivity contribution >= 4 is 38.3 Å². The molecular weight excluding hydrogens is 320 g/mol. The molecule has 1 amide bonds. The predicted molar refractivity (Wildman–Crippen MR) is 87.1 cm³/mol. The van der Waals surface area contributed by atoms with Crippen molar-refractivity contribution in [2.45, 2.75) is 19.4 Å². The highest BCUT2D eigenvalue weighted by Crippen LogP contribution is 2.20. The van der Waals surface area contributed by atoms with Gasteiger partial charge in [-0.1, -0.05) is 0 Å². The van der Waals surface area contributed by atoms with Crippen LogP contribution in [0.15, 0.2) is 30.5 Å². The number of amides is 1. The van der Waals surface area contributed by atoms with Crippen molar-refractivity contribution in [1.29, 1.82) is 0 Å². The number of anilines is 1. The maximum Gasteiger partial charge on any atom is 0.323 e. The van der Waals surface area contributed by atoms with E-state index >= 15 is 0 Å². The molecule has 2 rings (SSSR count). The third-order valence-electron chi connectivity index (χ3n) is 3.28. The van der Waals surface area contributed by atoms with Crippen LogP contribution in [0, 0.1) is 0 Å². The van der Waals surface area contributed by atoms with Crippen molar-refractivity contribution in [1.82, 2.24) is 4.57 Å². The van der Waals surface area contributed by atoms with E-state index < -0.39 is 15.8 Å². The molecule has 1 heterocycles. The fraction of sp³-hybridized carbons (Fsp3) is 0.333. The van der Waals surface area contributed by atoms with Crippen LogP contribution < -0.4 is 5.32 Å². The molecule has 2 N–H and O–H groups in total. The molecular formula is C15H18N2O5S. The molecule has 2 aromatic rings. The second-order valence-corrected chi connectivity index (χ2v) is 7.65. The van der Waals surface area contributed by atoms with Gasteiger partial charge in [0.05, 0.1) is 5.75 Å². The number of aliphatic carboxylic acids is 1. The van der Waals surface area contributed by atoms with Crippen LogP contribution in [-0.2, 0) is 26.0 Å². The quantitative estimate of drug-likeness (QED) is 0.795. The molecule has 0 fully saturated rings. The SMILES string of the molecule is CS(=O)(=O)CCCC(=O)Nc1ccc2c(ccn2CC(=O)O)c1. The first-order chi connectivity index (χ1) is 10.7. The van der Waals surface area contributed by atoms with E-state index in [0.717, 1.165) is 17.2 Å². The number of fused-ring (bicyclic) bond motifs is 1. The molecule has 8 heteroatoms. The first-order valence-electron chi connectivity index (χ1n) is 7.03. The lowest BCUT2D eigenvalue weighted by atomic mass is 10.2. The van der Waals surface area contributed by atoms with E-state index in [1.165, 1.54) is 0 Å². The van der Waals surface area contributed by atoms with Gasteiger partial charge in [0.25, 0.3) is 0 Å². The van der Waals surface area contributed by atoms with Crippen LogP contribution in [0.3, 0.4) is 0 Å². The second kappa shape index (κ2) is 6.82. The lowest BCUT2D eigenvalue weighted by Crippen LogP contribution is -2.13. The lowest BCUT2D eigenvalue weighted by Gasteiger charge is -2.06. The van der Waals surface area contributed by atoms with Gasteiger partial charge in [0.2, 0.25) is 5.91 Å². The van der Waals surface area contributed by atoms with E-state index in [-0.39, 0.29) is 31.0 Å². The van der Waals surface area contributed by atoms with Crippen molar-refractivity contribution < 1.29 is 23.1 Å². The maximum atomic E-state index is 11.8. The minimum absolute atomic E-state index is 0.0164. The van der Waals surface area contributed by atoms with E-state index in [1.807, 2.05) is 0 Å². The fourth-order valence-corrected chi connectivity index (χ4v) is 2.95. The average Bonchev–Trinajstić information content (AvgIpc) is 2.79. The van der Waals surface area contributed by atoms with Crippen molar-refractivity contribution in [2.24, 2.45) is 0 Å². The number of nitrogens with zero attached hydrogens (tertiary/aromatic N) is 1. The Hall–Kier alpha value is -2.35. The molecule has 0 aliphatic rings. The predicted octanol–water partition coefficient (Wildman–Crippen LogP) is 1.49. The number of rotatable bonds is 7. The van der Waals surface area contributed by atoms with Gasteiger partial charge >= 0.3 is 5.97 Å². The molecule has 0 unspecified atom stereocenters. The summed E-state index contributed by atoms with van der Waals surface area (Å²) in [4.78, 5) is 22.6. The third kappa shape index (κ3) is 5.10. The van der Waals surface area contributed by atoms with E-state index in [2.05, 4.69) is 5.32 Å². The Balaban J connectivity index is 2.01. The molecule has 0 saturated carbocycles. The number of carbonyl (C=O) groups excluding carboxylic acids is 1. The number of hydrogen-bond acceptors (Lipinski definition) is 4. The van der Waals surface area contributed by atoms with Gasteiger partial charge in [0.15, 0.2) is 0 Å². The zero-order valence-electron chi connectivity index (χ0n) is 12.7. The van der Waals surface area contributed by atoms with Crippen LogP contribution in [0.2, 0.25) is 0 Å². The van der Waals surface area contributed by atoms with Crippen molar-refractivity contribution in [3.8, 4) is 0 Å². The minimum Gasteiger partial charge on any atom is -0.480 e. The van der Waals surface area contributed by atoms with Gasteiger partial charge in [-0.05, 0) is 30.7 Å². The Morgan fingerprint density at radius 3 is 2.65 bits per heavy atom. The van der Waals surface area contributed by atoms with Crippen molar-refractivity contribution in [3.05, 3.63) is 30.5 Å². The highest BCUT2D eigenvalue weighted by molar-refractivity contribution is 7.90. The van der Waals surface area contributed by atoms with Gasteiger partial charge in [0, 0.05) is 35.5 Å². The largest absolute Gasteiger partial charge is 0.480 e. The molecule has 23 heavy (non-hydrogen) atoms. The fourth-order valence-electron chi connectivity index (χ4n) is 2.28. The standard InChI is InChI=1S/C15H18N2O5S/c1-23(21,22)8-2-3-14(18)16-12-4-5-13-11(9-12)6-7-17(13)10-15(19)20/h4-7,9H,2-3,8,10H2,1H3,(H,16,18)(H,19,20). The zero-order chi connectivity index (χ0) is 17.0. The topological polar surface area (TPSA) is 105 Å². The van der Waals surface area contributed by atoms with Gasteiger partial charge in [-0.15, -0.1) is 0 Å². The summed E-state index contributed by atoms with van der Waals surface area (Å²) in [6.45, 7) is -0.124. The van der Waals surface area contributed by atoms with Crippen molar-refractivity contribution in [3.63, 3.8) is 0 Å². The Morgan fingerprint density at radius 2 is 2.00 bits per heavy atom. The summed E-state index contributed by atoms with van der Waals surface area (Å²) in [7, 11) is -3.06. The highest BCUT2D eigenvalue weighted by atomic mass is 32.2. The summed E-state index contributed by atoms with van der Waals surface area (Å²) >= 11 is 0. The number of sulfone groups is 1. The van der Waals surface area contributed by atoms with Crippen molar-refractivity contribution in [2.75, 3.05) is 17.3 Å². The molecule has 1 aromatic carbocycles. The third-order valence-corrected chi connectivity index (χ3v) is 4.31. The van der Waals surface area contributed by atoms with Gasteiger partial charge in [-0.3, -0.25) is 9.59 Å². The van der Waals surface area contributed by atoms with Crippen LogP contribution in [0.4, 0.5) is 5.69 Å². The smallest absolute Gasteiger partial charge is 0.323 e. The van der Waals surface area contributed by atoms with Gasteiger partial charge in [-0.2, -0.15) is 0 Å². The molecule has 0 atom stereocenters. The molecule has 0 radical (unpaired) electrons. The number of benzene rings is 1. The van der Waals surface area contributed by atoms with Crippen LogP contribution in [0.1, 0.15) is 12.8 Å². The summed E-state index contributed by atoms with van der Waals surface area (Å²) in [5.74, 6) is -1.19. The zero-order valence-corrected chi connectivity index (χ0v) is 13.5. The highest BCUT2D eigenvalue weighted by Gasteiger charge is 2.09. The first-order valence-corrected chi connectivity index (χ1v) is 9.09. The molecule has 0 aliphatic carbocycles. The number of carboxylic acid groups (broad SMARTS) is 1. The molecule has 0 spiro atoms. The summed E-state index contributed by atoms with van der Waals surface area (Å²) in [6, 6.07) is 6.96. The number of carboxylic acids is 1. The van der Waals surface area contributed by atoms with E-state index in [1.54, 1.807) is 35.0 Å². The van der Waals surface area contributed by atoms with Crippen LogP contribution >= 0.6 is 0 Å². The Bertz CT molecular complexity index is 839. The van der Waals surface area contributed by atoms with Crippen LogP contribution in [0.5, 0.6) is 0 Å². The van der Waals surface area contributed by atoms with Crippen LogP contribution in [0.25, 0.3) is 10.9 Å². The number of nitrogens with one attached hydrogen (secondary N) is 1. The second-order valence-electron chi connectivity index (χ2n) is 5.39. The van der Waals surface area contributed by atoms with E-state index in [4.69, 9.17) is 5.11 Å². The Morgan fingerprint density at radius 1 is 1.26 bits per heavy atom. The summed E-state index contributed by atoms with van der Waals surface area (Å²) in [5.41, 5.74) is 1.36. The molecule has 0 saturated heterocycles. The maximum absolute atomic E-state index is 11.8. The number of carbonyl (C=O) groups is 2. The molecule has 124 valence electrons.